The van der Waals surface area contributed by atoms with Gasteiger partial charge in [-0.2, -0.15) is 5.10 Å². The van der Waals surface area contributed by atoms with E-state index >= 15 is 0 Å². The Morgan fingerprint density at radius 2 is 2.30 bits per heavy atom. The van der Waals surface area contributed by atoms with Crippen LogP contribution in [0.5, 0.6) is 0 Å². The number of carbonyl (C=O) groups is 1. The molecule has 1 atom stereocenters. The van der Waals surface area contributed by atoms with E-state index in [2.05, 4.69) is 10.4 Å². The number of hydrogen-bond donors (Lipinski definition) is 2. The third-order valence-electron chi connectivity index (χ3n) is 2.84. The van der Waals surface area contributed by atoms with Crippen molar-refractivity contribution in [3.8, 4) is 0 Å². The summed E-state index contributed by atoms with van der Waals surface area (Å²) in [6, 6.07) is 2.71. The van der Waals surface area contributed by atoms with Crippen molar-refractivity contribution in [2.45, 2.75) is 19.9 Å². The van der Waals surface area contributed by atoms with E-state index in [0.29, 0.717) is 26.1 Å². The largest absolute Gasteiger partial charge is 0.396 e. The summed E-state index contributed by atoms with van der Waals surface area (Å²) in [5.74, 6) is -0.149. The van der Waals surface area contributed by atoms with E-state index in [1.165, 1.54) is 23.9 Å². The molecule has 20 heavy (non-hydrogen) atoms. The van der Waals surface area contributed by atoms with Gasteiger partial charge in [0.1, 0.15) is 5.69 Å². The molecule has 2 N–H and O–H groups in total. The van der Waals surface area contributed by atoms with Crippen LogP contribution in [0.1, 0.15) is 23.8 Å². The van der Waals surface area contributed by atoms with Crippen LogP contribution < -0.4 is 10.9 Å². The third-order valence-corrected chi connectivity index (χ3v) is 2.84. The van der Waals surface area contributed by atoms with E-state index in [9.17, 15) is 9.59 Å². The molecule has 1 aromatic rings. The number of ether oxygens (including phenoxy) is 1. The third kappa shape index (κ3) is 5.10. The lowest BCUT2D eigenvalue weighted by Gasteiger charge is -2.11. The molecule has 1 aromatic heterocycles. The highest BCUT2D eigenvalue weighted by Gasteiger charge is 2.10. The number of aliphatic hydroxyl groups is 1. The zero-order valence-corrected chi connectivity index (χ0v) is 11.8. The lowest BCUT2D eigenvalue weighted by atomic mass is 10.1. The molecular weight excluding hydrogens is 262 g/mol. The van der Waals surface area contributed by atoms with Crippen molar-refractivity contribution < 1.29 is 14.6 Å². The minimum absolute atomic E-state index is 0.0944. The fourth-order valence-electron chi connectivity index (χ4n) is 1.59. The van der Waals surface area contributed by atoms with E-state index in [0.717, 1.165) is 0 Å². The van der Waals surface area contributed by atoms with Crippen LogP contribution in [0.25, 0.3) is 0 Å². The molecule has 0 radical (unpaired) electrons. The molecule has 7 heteroatoms. The van der Waals surface area contributed by atoms with Crippen LogP contribution >= 0.6 is 0 Å². The first-order valence-electron chi connectivity index (χ1n) is 6.54. The molecule has 112 valence electrons. The number of hydrogen-bond acceptors (Lipinski definition) is 5. The second kappa shape index (κ2) is 8.44. The number of amides is 1. The molecule has 0 aliphatic rings. The number of aromatic nitrogens is 2. The Balaban J connectivity index is 2.66. The highest BCUT2D eigenvalue weighted by atomic mass is 16.5. The van der Waals surface area contributed by atoms with Crippen molar-refractivity contribution in [3.63, 3.8) is 0 Å². The summed E-state index contributed by atoms with van der Waals surface area (Å²) in [7, 11) is 1.53. The van der Waals surface area contributed by atoms with Gasteiger partial charge in [0, 0.05) is 26.3 Å². The summed E-state index contributed by atoms with van der Waals surface area (Å²) in [5.41, 5.74) is -0.0795. The van der Waals surface area contributed by atoms with Crippen LogP contribution in [0.15, 0.2) is 16.9 Å². The molecule has 0 aromatic carbocycles. The van der Waals surface area contributed by atoms with Gasteiger partial charge in [-0.05, 0) is 18.4 Å². The van der Waals surface area contributed by atoms with Crippen LogP contribution in [0, 0.1) is 5.92 Å². The number of nitrogens with one attached hydrogen (secondary N) is 1. The van der Waals surface area contributed by atoms with Gasteiger partial charge < -0.3 is 15.2 Å². The molecule has 0 fully saturated rings. The number of carbonyl (C=O) groups excluding carboxylic acids is 1. The van der Waals surface area contributed by atoms with Crippen LogP contribution in [-0.4, -0.2) is 47.7 Å². The van der Waals surface area contributed by atoms with Crippen LogP contribution in [-0.2, 0) is 11.3 Å². The Morgan fingerprint density at radius 3 is 2.95 bits per heavy atom. The summed E-state index contributed by atoms with van der Waals surface area (Å²) in [4.78, 5) is 23.4. The van der Waals surface area contributed by atoms with Crippen LogP contribution in [0.2, 0.25) is 0 Å². The molecule has 1 unspecified atom stereocenters. The fourth-order valence-corrected chi connectivity index (χ4v) is 1.59. The average Bonchev–Trinajstić information content (AvgIpc) is 2.44. The zero-order chi connectivity index (χ0) is 15.0. The van der Waals surface area contributed by atoms with Crippen molar-refractivity contribution >= 4 is 5.91 Å². The van der Waals surface area contributed by atoms with Crippen molar-refractivity contribution in [1.29, 1.82) is 0 Å². The first-order valence-corrected chi connectivity index (χ1v) is 6.54. The van der Waals surface area contributed by atoms with Crippen molar-refractivity contribution in [3.05, 3.63) is 28.2 Å². The number of rotatable bonds is 8. The summed E-state index contributed by atoms with van der Waals surface area (Å²) in [6.07, 6.45) is 0.626. The Hall–Kier alpha value is -1.73. The lowest BCUT2D eigenvalue weighted by Crippen LogP contribution is -2.32. The Bertz CT molecular complexity index is 487. The van der Waals surface area contributed by atoms with E-state index in [4.69, 9.17) is 9.84 Å². The first-order chi connectivity index (χ1) is 9.58. The minimum atomic E-state index is -0.332. The van der Waals surface area contributed by atoms with Gasteiger partial charge in [0.05, 0.1) is 13.2 Å². The number of aliphatic hydroxyl groups excluding tert-OH is 1. The lowest BCUT2D eigenvalue weighted by molar-refractivity contribution is 0.0936. The molecule has 0 aliphatic carbocycles. The summed E-state index contributed by atoms with van der Waals surface area (Å²) in [6.45, 7) is 3.14. The molecule has 0 bridgehead atoms. The normalized spacial score (nSPS) is 12.2. The minimum Gasteiger partial charge on any atom is -0.396 e. The molecule has 0 saturated heterocycles. The Kier molecular flexibility index (Phi) is 6.89. The zero-order valence-electron chi connectivity index (χ0n) is 11.8. The molecule has 7 nitrogen and oxygen atoms in total. The molecular formula is C13H21N3O4. The number of methoxy groups -OCH3 is 1. The molecule has 1 amide bonds. The van der Waals surface area contributed by atoms with E-state index < -0.39 is 0 Å². The van der Waals surface area contributed by atoms with Gasteiger partial charge in [-0.15, -0.1) is 0 Å². The van der Waals surface area contributed by atoms with E-state index in [1.54, 1.807) is 0 Å². The quantitative estimate of drug-likeness (QED) is 0.679. The van der Waals surface area contributed by atoms with Crippen molar-refractivity contribution in [2.75, 3.05) is 26.9 Å². The molecule has 1 rings (SSSR count). The summed E-state index contributed by atoms with van der Waals surface area (Å²) < 4.78 is 6.09. The highest BCUT2D eigenvalue weighted by Crippen LogP contribution is 1.99. The molecule has 1 heterocycles. The first kappa shape index (κ1) is 16.3. The van der Waals surface area contributed by atoms with Crippen molar-refractivity contribution in [1.82, 2.24) is 15.1 Å². The SMILES string of the molecule is COCCn1nc(C(=O)NCC(C)CCO)ccc1=O. The summed E-state index contributed by atoms with van der Waals surface area (Å²) >= 11 is 0. The maximum atomic E-state index is 11.9. The van der Waals surface area contributed by atoms with Gasteiger partial charge in [0.25, 0.3) is 11.5 Å². The van der Waals surface area contributed by atoms with Crippen molar-refractivity contribution in [2.24, 2.45) is 5.92 Å². The fraction of sp³-hybridized carbons (Fsp3) is 0.615. The van der Waals surface area contributed by atoms with Crippen LogP contribution in [0.4, 0.5) is 0 Å². The van der Waals surface area contributed by atoms with Gasteiger partial charge in [-0.1, -0.05) is 6.92 Å². The standard InChI is InChI=1S/C13H21N3O4/c1-10(5-7-17)9-14-13(19)11-3-4-12(18)16(15-11)6-8-20-2/h3-4,10,17H,5-9H2,1-2H3,(H,14,19). The maximum absolute atomic E-state index is 11.9. The summed E-state index contributed by atoms with van der Waals surface area (Å²) in [5, 5.41) is 15.5. The number of nitrogens with zero attached hydrogens (tertiary/aromatic N) is 2. The van der Waals surface area contributed by atoms with Gasteiger partial charge in [0.15, 0.2) is 0 Å². The van der Waals surface area contributed by atoms with Gasteiger partial charge in [0.2, 0.25) is 0 Å². The smallest absolute Gasteiger partial charge is 0.271 e. The topological polar surface area (TPSA) is 93.5 Å². The predicted octanol–water partition coefficient (Wildman–Crippen LogP) is -0.362. The van der Waals surface area contributed by atoms with Gasteiger partial charge in [-0.25, -0.2) is 4.68 Å². The Labute approximate surface area is 117 Å². The second-order valence-corrected chi connectivity index (χ2v) is 4.60. The van der Waals surface area contributed by atoms with Gasteiger partial charge >= 0.3 is 0 Å². The molecule has 0 spiro atoms. The van der Waals surface area contributed by atoms with E-state index in [-0.39, 0.29) is 29.7 Å². The van der Waals surface area contributed by atoms with E-state index in [1.807, 2.05) is 6.92 Å². The average molecular weight is 283 g/mol. The Morgan fingerprint density at radius 1 is 1.55 bits per heavy atom. The maximum Gasteiger partial charge on any atom is 0.271 e. The molecule has 0 aliphatic heterocycles. The monoisotopic (exact) mass is 283 g/mol. The highest BCUT2D eigenvalue weighted by molar-refractivity contribution is 5.91. The molecule has 0 saturated carbocycles. The predicted molar refractivity (Wildman–Crippen MR) is 73.6 cm³/mol. The second-order valence-electron chi connectivity index (χ2n) is 4.60. The van der Waals surface area contributed by atoms with Crippen LogP contribution in [0.3, 0.4) is 0 Å². The van der Waals surface area contributed by atoms with Gasteiger partial charge in [-0.3, -0.25) is 9.59 Å².